The number of nitrogens with two attached hydrogens (primary N) is 1. The van der Waals surface area contributed by atoms with Gasteiger partial charge in [-0.3, -0.25) is 14.4 Å². The Balaban J connectivity index is 1.98. The number of carbonyl (C=O) groups is 3. The summed E-state index contributed by atoms with van der Waals surface area (Å²) in [5.41, 5.74) is -1.88. The van der Waals surface area contributed by atoms with E-state index in [9.17, 15) is 39.9 Å². The van der Waals surface area contributed by atoms with E-state index in [4.69, 9.17) is 5.73 Å². The summed E-state index contributed by atoms with van der Waals surface area (Å²) in [5.74, 6) is -6.60. The maximum absolute atomic E-state index is 13.5. The highest BCUT2D eigenvalue weighted by Crippen LogP contribution is 2.67. The fraction of sp³-hybridized carbons (Fsp3) is 0.591. The standard InChI is InChI=1S/C22H27NO8/c1-19-7-11(25)13(18(23)29)16(27)22(19,31)17(28)14-15(26)12-9(5-4-6-10(12)24)21(3,30)20(14,2)8-19/h4-6,11,13-14,17,24-25,28,30-31H,7-8H2,1-3H3,(H2,23,29)/t11?,13-,14-,17?,19+,20-,21+,22+/m1/s1. The molecule has 168 valence electrons. The van der Waals surface area contributed by atoms with Crippen LogP contribution in [0.4, 0.5) is 0 Å². The zero-order valence-corrected chi connectivity index (χ0v) is 17.5. The number of rotatable bonds is 1. The molecule has 2 unspecified atom stereocenters. The lowest BCUT2D eigenvalue weighted by Gasteiger charge is -2.66. The van der Waals surface area contributed by atoms with Gasteiger partial charge in [-0.25, -0.2) is 0 Å². The Morgan fingerprint density at radius 2 is 1.74 bits per heavy atom. The van der Waals surface area contributed by atoms with Gasteiger partial charge < -0.3 is 31.3 Å². The Hall–Kier alpha value is -2.33. The van der Waals surface area contributed by atoms with Crippen LogP contribution in [0, 0.1) is 22.7 Å². The summed E-state index contributed by atoms with van der Waals surface area (Å²) < 4.78 is 0. The molecule has 31 heavy (non-hydrogen) atoms. The second-order valence-electron chi connectivity index (χ2n) is 10.00. The van der Waals surface area contributed by atoms with Crippen LogP contribution in [0.5, 0.6) is 5.75 Å². The molecular weight excluding hydrogens is 406 g/mol. The number of primary amides is 1. The maximum atomic E-state index is 13.5. The SMILES string of the molecule is C[C@@]12CC(O)[C@@H](C(N)=O)C(=O)[C@]1(O)C(O)[C@H]1C(=O)c3c(O)cccc3[C@](C)(O)[C@]1(C)C2. The normalized spacial score (nSPS) is 46.7. The molecule has 7 N–H and O–H groups in total. The van der Waals surface area contributed by atoms with E-state index >= 15 is 0 Å². The third-order valence-corrected chi connectivity index (χ3v) is 8.32. The van der Waals surface area contributed by atoms with Gasteiger partial charge in [0, 0.05) is 10.8 Å². The second-order valence-corrected chi connectivity index (χ2v) is 10.00. The third kappa shape index (κ3) is 2.32. The largest absolute Gasteiger partial charge is 0.507 e. The Bertz CT molecular complexity index is 1020. The minimum Gasteiger partial charge on any atom is -0.507 e. The van der Waals surface area contributed by atoms with Crippen molar-refractivity contribution in [2.24, 2.45) is 28.4 Å². The molecule has 0 aromatic heterocycles. The van der Waals surface area contributed by atoms with Crippen LogP contribution in [-0.2, 0) is 15.2 Å². The van der Waals surface area contributed by atoms with Crippen LogP contribution < -0.4 is 5.73 Å². The van der Waals surface area contributed by atoms with Crippen molar-refractivity contribution in [3.63, 3.8) is 0 Å². The molecule has 1 aromatic carbocycles. The predicted molar refractivity (Wildman–Crippen MR) is 106 cm³/mol. The van der Waals surface area contributed by atoms with Crippen LogP contribution in [-0.4, -0.2) is 60.8 Å². The van der Waals surface area contributed by atoms with Crippen molar-refractivity contribution in [1.29, 1.82) is 0 Å². The second kappa shape index (κ2) is 6.13. The van der Waals surface area contributed by atoms with Gasteiger partial charge in [0.1, 0.15) is 17.8 Å². The first kappa shape index (κ1) is 21.9. The number of hydrogen-bond donors (Lipinski definition) is 6. The van der Waals surface area contributed by atoms with E-state index in [2.05, 4.69) is 0 Å². The minimum atomic E-state index is -2.57. The maximum Gasteiger partial charge on any atom is 0.230 e. The van der Waals surface area contributed by atoms with Gasteiger partial charge in [0.25, 0.3) is 0 Å². The van der Waals surface area contributed by atoms with Gasteiger partial charge in [-0.15, -0.1) is 0 Å². The summed E-state index contributed by atoms with van der Waals surface area (Å²) >= 11 is 0. The molecule has 9 nitrogen and oxygen atoms in total. The van der Waals surface area contributed by atoms with Gasteiger partial charge in [-0.1, -0.05) is 26.0 Å². The molecule has 1 aromatic rings. The highest BCUT2D eigenvalue weighted by atomic mass is 16.4. The van der Waals surface area contributed by atoms with Crippen molar-refractivity contribution in [3.8, 4) is 5.75 Å². The summed E-state index contributed by atoms with van der Waals surface area (Å²) in [6.07, 6.45) is -3.87. The van der Waals surface area contributed by atoms with Crippen molar-refractivity contribution in [3.05, 3.63) is 29.3 Å². The first-order chi connectivity index (χ1) is 14.1. The molecule has 0 spiro atoms. The molecule has 0 bridgehead atoms. The molecular formula is C22H27NO8. The molecule has 0 radical (unpaired) electrons. The number of aliphatic hydroxyl groups excluding tert-OH is 2. The molecule has 8 atom stereocenters. The summed E-state index contributed by atoms with van der Waals surface area (Å²) in [6.45, 7) is 4.51. The van der Waals surface area contributed by atoms with E-state index < -0.39 is 69.3 Å². The first-order valence-corrected chi connectivity index (χ1v) is 10.2. The average Bonchev–Trinajstić information content (AvgIpc) is 2.63. The molecule has 0 saturated heterocycles. The van der Waals surface area contributed by atoms with Gasteiger partial charge >= 0.3 is 0 Å². The van der Waals surface area contributed by atoms with Crippen LogP contribution >= 0.6 is 0 Å². The summed E-state index contributed by atoms with van der Waals surface area (Å²) in [4.78, 5) is 38.5. The molecule has 9 heteroatoms. The lowest BCUT2D eigenvalue weighted by atomic mass is 9.40. The minimum absolute atomic E-state index is 0.125. The lowest BCUT2D eigenvalue weighted by Crippen LogP contribution is -2.78. The molecule has 2 fully saturated rings. The topological polar surface area (TPSA) is 178 Å². The number of Topliss-reactive ketones (excluding diaryl/α,β-unsaturated/α-hetero) is 2. The average molecular weight is 433 g/mol. The highest BCUT2D eigenvalue weighted by Gasteiger charge is 2.76. The van der Waals surface area contributed by atoms with Crippen molar-refractivity contribution in [1.82, 2.24) is 0 Å². The van der Waals surface area contributed by atoms with Crippen molar-refractivity contribution < 1.29 is 39.9 Å². The fourth-order valence-corrected chi connectivity index (χ4v) is 6.56. The third-order valence-electron chi connectivity index (χ3n) is 8.32. The number of phenolic OH excluding ortho intramolecular Hbond substituents is 1. The van der Waals surface area contributed by atoms with E-state index in [1.165, 1.54) is 32.0 Å². The van der Waals surface area contributed by atoms with Crippen LogP contribution in [0.15, 0.2) is 18.2 Å². The number of fused-ring (bicyclic) bond motifs is 3. The summed E-state index contributed by atoms with van der Waals surface area (Å²) in [6, 6.07) is 4.27. The summed E-state index contributed by atoms with van der Waals surface area (Å²) in [5, 5.41) is 55.4. The number of ketones is 2. The number of aliphatic hydroxyl groups is 4. The molecule has 4 rings (SSSR count). The highest BCUT2D eigenvalue weighted by molar-refractivity contribution is 6.09. The zero-order chi connectivity index (χ0) is 23.3. The van der Waals surface area contributed by atoms with E-state index in [-0.39, 0.29) is 24.0 Å². The first-order valence-electron chi connectivity index (χ1n) is 10.2. The number of aromatic hydroxyl groups is 1. The van der Waals surface area contributed by atoms with Gasteiger partial charge in [-0.2, -0.15) is 0 Å². The van der Waals surface area contributed by atoms with E-state index in [1.54, 1.807) is 6.92 Å². The molecule has 1 amide bonds. The molecule has 0 aliphatic heterocycles. The molecule has 0 heterocycles. The van der Waals surface area contributed by atoms with Crippen LogP contribution in [0.3, 0.4) is 0 Å². The number of hydrogen-bond acceptors (Lipinski definition) is 8. The van der Waals surface area contributed by atoms with Gasteiger partial charge in [0.2, 0.25) is 5.91 Å². The molecule has 3 aliphatic carbocycles. The zero-order valence-electron chi connectivity index (χ0n) is 17.5. The smallest absolute Gasteiger partial charge is 0.230 e. The Labute approximate surface area is 178 Å². The number of carbonyl (C=O) groups excluding carboxylic acids is 3. The fourth-order valence-electron chi connectivity index (χ4n) is 6.56. The molecule has 2 saturated carbocycles. The lowest BCUT2D eigenvalue weighted by molar-refractivity contribution is -0.267. The Morgan fingerprint density at radius 1 is 1.13 bits per heavy atom. The Kier molecular flexibility index (Phi) is 4.33. The monoisotopic (exact) mass is 433 g/mol. The van der Waals surface area contributed by atoms with Crippen molar-refractivity contribution in [2.75, 3.05) is 0 Å². The van der Waals surface area contributed by atoms with E-state index in [0.717, 1.165) is 0 Å². The molecule has 3 aliphatic rings. The van der Waals surface area contributed by atoms with E-state index in [1.807, 2.05) is 0 Å². The number of amides is 1. The summed E-state index contributed by atoms with van der Waals surface area (Å²) in [7, 11) is 0. The van der Waals surface area contributed by atoms with Crippen LogP contribution in [0.1, 0.15) is 49.5 Å². The van der Waals surface area contributed by atoms with Gasteiger partial charge in [0.15, 0.2) is 17.2 Å². The number of phenols is 1. The van der Waals surface area contributed by atoms with Crippen LogP contribution in [0.2, 0.25) is 0 Å². The number of benzene rings is 1. The van der Waals surface area contributed by atoms with Crippen LogP contribution in [0.25, 0.3) is 0 Å². The Morgan fingerprint density at radius 3 is 2.32 bits per heavy atom. The van der Waals surface area contributed by atoms with Gasteiger partial charge in [0.05, 0.1) is 23.2 Å². The van der Waals surface area contributed by atoms with Crippen molar-refractivity contribution in [2.45, 2.75) is 57.0 Å². The van der Waals surface area contributed by atoms with Gasteiger partial charge in [-0.05, 0) is 31.4 Å². The van der Waals surface area contributed by atoms with E-state index in [0.29, 0.717) is 0 Å². The van der Waals surface area contributed by atoms with Crippen molar-refractivity contribution >= 4 is 17.5 Å². The predicted octanol–water partition coefficient (Wildman–Crippen LogP) is -0.644. The quantitative estimate of drug-likeness (QED) is 0.316.